The fourth-order valence-electron chi connectivity index (χ4n) is 2.27. The van der Waals surface area contributed by atoms with E-state index in [1.54, 1.807) is 6.33 Å². The Labute approximate surface area is 97.8 Å². The molecule has 1 saturated carbocycles. The number of aliphatic hydroxyl groups is 1. The molecule has 1 fully saturated rings. The minimum absolute atomic E-state index is 0.152. The summed E-state index contributed by atoms with van der Waals surface area (Å²) in [6, 6.07) is 0.159. The topological polar surface area (TPSA) is 89.8 Å². The number of rotatable bonds is 2. The second-order valence-electron chi connectivity index (χ2n) is 4.29. The summed E-state index contributed by atoms with van der Waals surface area (Å²) < 4.78 is 1.95. The van der Waals surface area contributed by atoms with Crippen LogP contribution in [0.2, 0.25) is 0 Å². The largest absolute Gasteiger partial charge is 0.396 e. The highest BCUT2D eigenvalue weighted by atomic mass is 16.3. The molecule has 1 aliphatic rings. The third-order valence-electron chi connectivity index (χ3n) is 3.40. The van der Waals surface area contributed by atoms with E-state index in [2.05, 4.69) is 21.5 Å². The Bertz CT molecular complexity index is 591. The molecule has 0 spiro atoms. The van der Waals surface area contributed by atoms with Gasteiger partial charge >= 0.3 is 0 Å². The van der Waals surface area contributed by atoms with E-state index >= 15 is 0 Å². The van der Waals surface area contributed by atoms with Crippen LogP contribution in [0.3, 0.4) is 0 Å². The SMILES string of the molecule is C=C1C(CO)CC1n1cnc2c(N)ncnc21. The standard InChI is InChI=1S/C11H13N5O/c1-6-7(3-17)2-8(6)16-5-15-9-10(12)13-4-14-11(9)16/h4-5,7-8,17H,1-3H2,(H2,12,13,14). The van der Waals surface area contributed by atoms with Gasteiger partial charge in [0.05, 0.1) is 12.4 Å². The number of hydrogen-bond donors (Lipinski definition) is 2. The second kappa shape index (κ2) is 3.53. The first-order chi connectivity index (χ1) is 8.22. The van der Waals surface area contributed by atoms with Crippen molar-refractivity contribution in [3.63, 3.8) is 0 Å². The van der Waals surface area contributed by atoms with E-state index in [0.29, 0.717) is 11.3 Å². The van der Waals surface area contributed by atoms with Crippen molar-refractivity contribution in [1.82, 2.24) is 19.5 Å². The lowest BCUT2D eigenvalue weighted by molar-refractivity contribution is 0.180. The van der Waals surface area contributed by atoms with E-state index < -0.39 is 0 Å². The molecule has 0 saturated heterocycles. The molecule has 17 heavy (non-hydrogen) atoms. The molecule has 2 heterocycles. The zero-order valence-electron chi connectivity index (χ0n) is 9.24. The highest BCUT2D eigenvalue weighted by molar-refractivity contribution is 5.81. The van der Waals surface area contributed by atoms with Crippen molar-refractivity contribution < 1.29 is 5.11 Å². The first-order valence-corrected chi connectivity index (χ1v) is 5.45. The van der Waals surface area contributed by atoms with Gasteiger partial charge in [-0.05, 0) is 12.0 Å². The monoisotopic (exact) mass is 231 g/mol. The minimum Gasteiger partial charge on any atom is -0.396 e. The summed E-state index contributed by atoms with van der Waals surface area (Å²) in [4.78, 5) is 12.3. The minimum atomic E-state index is 0.152. The van der Waals surface area contributed by atoms with Crippen molar-refractivity contribution in [2.45, 2.75) is 12.5 Å². The summed E-state index contributed by atoms with van der Waals surface area (Å²) in [5, 5.41) is 9.10. The summed E-state index contributed by atoms with van der Waals surface area (Å²) in [7, 11) is 0. The summed E-state index contributed by atoms with van der Waals surface area (Å²) in [6.07, 6.45) is 4.00. The fraction of sp³-hybridized carbons (Fsp3) is 0.364. The zero-order chi connectivity index (χ0) is 12.0. The quantitative estimate of drug-likeness (QED) is 0.735. The van der Waals surface area contributed by atoms with E-state index in [-0.39, 0.29) is 18.6 Å². The van der Waals surface area contributed by atoms with Crippen molar-refractivity contribution in [3.8, 4) is 0 Å². The maximum absolute atomic E-state index is 9.10. The maximum Gasteiger partial charge on any atom is 0.165 e. The Balaban J connectivity index is 2.03. The molecule has 3 N–H and O–H groups in total. The van der Waals surface area contributed by atoms with Crippen molar-refractivity contribution in [3.05, 3.63) is 24.8 Å². The number of anilines is 1. The molecular weight excluding hydrogens is 218 g/mol. The van der Waals surface area contributed by atoms with Gasteiger partial charge in [-0.2, -0.15) is 0 Å². The van der Waals surface area contributed by atoms with Crippen LogP contribution in [0.25, 0.3) is 11.2 Å². The van der Waals surface area contributed by atoms with Crippen LogP contribution >= 0.6 is 0 Å². The smallest absolute Gasteiger partial charge is 0.165 e. The van der Waals surface area contributed by atoms with Gasteiger partial charge in [-0.1, -0.05) is 6.58 Å². The Morgan fingerprint density at radius 3 is 3.00 bits per heavy atom. The van der Waals surface area contributed by atoms with Gasteiger partial charge in [-0.25, -0.2) is 15.0 Å². The molecule has 0 radical (unpaired) electrons. The van der Waals surface area contributed by atoms with E-state index in [4.69, 9.17) is 10.8 Å². The summed E-state index contributed by atoms with van der Waals surface area (Å²) >= 11 is 0. The summed E-state index contributed by atoms with van der Waals surface area (Å²) in [5.41, 5.74) is 8.09. The van der Waals surface area contributed by atoms with Crippen LogP contribution in [0, 0.1) is 5.92 Å². The lowest BCUT2D eigenvalue weighted by Gasteiger charge is -2.38. The first kappa shape index (κ1) is 10.2. The summed E-state index contributed by atoms with van der Waals surface area (Å²) in [6.45, 7) is 4.15. The van der Waals surface area contributed by atoms with Crippen LogP contribution in [0.15, 0.2) is 24.8 Å². The van der Waals surface area contributed by atoms with E-state index in [1.165, 1.54) is 6.33 Å². The molecule has 0 aliphatic heterocycles. The predicted molar refractivity (Wildman–Crippen MR) is 63.1 cm³/mol. The van der Waals surface area contributed by atoms with E-state index in [9.17, 15) is 0 Å². The average molecular weight is 231 g/mol. The van der Waals surface area contributed by atoms with Gasteiger partial charge in [0.2, 0.25) is 0 Å². The molecule has 3 rings (SSSR count). The Morgan fingerprint density at radius 1 is 1.47 bits per heavy atom. The van der Waals surface area contributed by atoms with Crippen LogP contribution < -0.4 is 5.73 Å². The molecule has 2 atom stereocenters. The lowest BCUT2D eigenvalue weighted by atomic mass is 9.76. The van der Waals surface area contributed by atoms with Crippen LogP contribution in [0.1, 0.15) is 12.5 Å². The van der Waals surface area contributed by atoms with Gasteiger partial charge in [0.1, 0.15) is 11.8 Å². The molecule has 88 valence electrons. The molecule has 0 aromatic carbocycles. The molecule has 6 heteroatoms. The van der Waals surface area contributed by atoms with Gasteiger partial charge in [0.15, 0.2) is 11.5 Å². The molecule has 0 amide bonds. The second-order valence-corrected chi connectivity index (χ2v) is 4.29. The van der Waals surface area contributed by atoms with E-state index in [0.717, 1.165) is 17.6 Å². The normalized spacial score (nSPS) is 23.9. The van der Waals surface area contributed by atoms with Crippen molar-refractivity contribution in [1.29, 1.82) is 0 Å². The van der Waals surface area contributed by atoms with Crippen LogP contribution in [0.5, 0.6) is 0 Å². The zero-order valence-corrected chi connectivity index (χ0v) is 9.24. The van der Waals surface area contributed by atoms with Crippen molar-refractivity contribution in [2.75, 3.05) is 12.3 Å². The number of nitrogens with two attached hydrogens (primary N) is 1. The number of nitrogen functional groups attached to an aromatic ring is 1. The highest BCUT2D eigenvalue weighted by Gasteiger charge is 2.35. The van der Waals surface area contributed by atoms with Gasteiger partial charge < -0.3 is 15.4 Å². The third kappa shape index (κ3) is 1.34. The predicted octanol–water partition coefficient (Wildman–Crippen LogP) is 0.518. The fourth-order valence-corrected chi connectivity index (χ4v) is 2.27. The number of fused-ring (bicyclic) bond motifs is 1. The van der Waals surface area contributed by atoms with Gasteiger partial charge in [0, 0.05) is 12.5 Å². The average Bonchev–Trinajstić information content (AvgIpc) is 2.73. The number of aliphatic hydroxyl groups excluding tert-OH is 1. The molecular formula is C11H13N5O. The van der Waals surface area contributed by atoms with Gasteiger partial charge in [-0.15, -0.1) is 0 Å². The molecule has 0 bridgehead atoms. The van der Waals surface area contributed by atoms with Gasteiger partial charge in [-0.3, -0.25) is 0 Å². The highest BCUT2D eigenvalue weighted by Crippen LogP contribution is 2.43. The van der Waals surface area contributed by atoms with Crippen LogP contribution in [-0.4, -0.2) is 31.2 Å². The third-order valence-corrected chi connectivity index (χ3v) is 3.40. The van der Waals surface area contributed by atoms with Crippen LogP contribution in [0.4, 0.5) is 5.82 Å². The Hall–Kier alpha value is -1.95. The molecule has 1 aliphatic carbocycles. The number of nitrogens with zero attached hydrogens (tertiary/aromatic N) is 4. The summed E-state index contributed by atoms with van der Waals surface area (Å²) in [5.74, 6) is 0.578. The van der Waals surface area contributed by atoms with Crippen LogP contribution in [-0.2, 0) is 0 Å². The molecule has 6 nitrogen and oxygen atoms in total. The number of hydrogen-bond acceptors (Lipinski definition) is 5. The number of aromatic nitrogens is 4. The van der Waals surface area contributed by atoms with Gasteiger partial charge in [0.25, 0.3) is 0 Å². The Kier molecular flexibility index (Phi) is 2.12. The lowest BCUT2D eigenvalue weighted by Crippen LogP contribution is -2.31. The van der Waals surface area contributed by atoms with Crippen molar-refractivity contribution >= 4 is 17.0 Å². The Morgan fingerprint density at radius 2 is 2.29 bits per heavy atom. The molecule has 2 aromatic heterocycles. The first-order valence-electron chi connectivity index (χ1n) is 5.45. The maximum atomic E-state index is 9.10. The number of imidazole rings is 1. The molecule has 2 unspecified atom stereocenters. The molecule has 2 aromatic rings. The van der Waals surface area contributed by atoms with Crippen molar-refractivity contribution in [2.24, 2.45) is 5.92 Å². The van der Waals surface area contributed by atoms with E-state index in [1.807, 2.05) is 4.57 Å².